The molecule has 0 aliphatic rings. The smallest absolute Gasteiger partial charge is 0.130 e. The number of hydrogen-bond acceptors (Lipinski definition) is 5. The minimum absolute atomic E-state index is 0.462. The highest BCUT2D eigenvalue weighted by Gasteiger charge is 2.03. The molecule has 1 aromatic rings. The Morgan fingerprint density at radius 3 is 2.94 bits per heavy atom. The summed E-state index contributed by atoms with van der Waals surface area (Å²) in [5.74, 6) is 3.32. The standard InChI is InChI=1S/C11H19N3S2/c1-4-16-6-5-9(2)14-10-7-11(15-3)13-8-12-10/h7-9H,4-6H2,1-3H3,(H,12,13,14). The van der Waals surface area contributed by atoms with Crippen LogP contribution in [0.3, 0.4) is 0 Å². The van der Waals surface area contributed by atoms with Crippen LogP contribution in [0.4, 0.5) is 5.82 Å². The molecule has 0 aliphatic heterocycles. The quantitative estimate of drug-likeness (QED) is 0.461. The highest BCUT2D eigenvalue weighted by Crippen LogP contribution is 2.15. The molecule has 0 fully saturated rings. The van der Waals surface area contributed by atoms with E-state index >= 15 is 0 Å². The number of nitrogens with one attached hydrogen (secondary N) is 1. The molecule has 5 heteroatoms. The molecule has 0 aliphatic carbocycles. The van der Waals surface area contributed by atoms with Gasteiger partial charge in [-0.3, -0.25) is 0 Å². The maximum Gasteiger partial charge on any atom is 0.130 e. The van der Waals surface area contributed by atoms with Crippen LogP contribution < -0.4 is 5.32 Å². The number of nitrogens with zero attached hydrogens (tertiary/aromatic N) is 2. The van der Waals surface area contributed by atoms with E-state index in [1.165, 1.54) is 11.5 Å². The van der Waals surface area contributed by atoms with E-state index in [2.05, 4.69) is 29.1 Å². The van der Waals surface area contributed by atoms with Gasteiger partial charge in [0.2, 0.25) is 0 Å². The zero-order valence-corrected chi connectivity index (χ0v) is 11.7. The van der Waals surface area contributed by atoms with E-state index in [1.54, 1.807) is 18.1 Å². The van der Waals surface area contributed by atoms with Crippen LogP contribution in [0, 0.1) is 0 Å². The van der Waals surface area contributed by atoms with Crippen molar-refractivity contribution in [2.45, 2.75) is 31.3 Å². The molecule has 1 rings (SSSR count). The fourth-order valence-corrected chi connectivity index (χ4v) is 2.45. The van der Waals surface area contributed by atoms with Crippen molar-refractivity contribution in [2.75, 3.05) is 23.1 Å². The summed E-state index contributed by atoms with van der Waals surface area (Å²) in [5, 5.41) is 4.40. The number of thioether (sulfide) groups is 2. The lowest BCUT2D eigenvalue weighted by molar-refractivity contribution is 0.764. The summed E-state index contributed by atoms with van der Waals surface area (Å²) in [5.41, 5.74) is 0. The third-order valence-electron chi connectivity index (χ3n) is 2.14. The van der Waals surface area contributed by atoms with E-state index in [1.807, 2.05) is 24.1 Å². The molecule has 0 saturated carbocycles. The third kappa shape index (κ3) is 5.07. The highest BCUT2D eigenvalue weighted by atomic mass is 32.2. The first-order valence-corrected chi connectivity index (χ1v) is 7.84. The van der Waals surface area contributed by atoms with Gasteiger partial charge < -0.3 is 5.32 Å². The van der Waals surface area contributed by atoms with Crippen LogP contribution >= 0.6 is 23.5 Å². The lowest BCUT2D eigenvalue weighted by atomic mass is 10.2. The Bertz CT molecular complexity index is 307. The van der Waals surface area contributed by atoms with Crippen molar-refractivity contribution in [3.05, 3.63) is 12.4 Å². The van der Waals surface area contributed by atoms with E-state index in [-0.39, 0.29) is 0 Å². The minimum atomic E-state index is 0.462. The van der Waals surface area contributed by atoms with Gasteiger partial charge in [-0.15, -0.1) is 11.8 Å². The maximum absolute atomic E-state index is 4.21. The fourth-order valence-electron chi connectivity index (χ4n) is 1.26. The Morgan fingerprint density at radius 1 is 1.44 bits per heavy atom. The predicted octanol–water partition coefficient (Wildman–Crippen LogP) is 3.14. The zero-order valence-electron chi connectivity index (χ0n) is 10.1. The van der Waals surface area contributed by atoms with Crippen molar-refractivity contribution in [3.8, 4) is 0 Å². The molecule has 16 heavy (non-hydrogen) atoms. The van der Waals surface area contributed by atoms with E-state index in [9.17, 15) is 0 Å². The largest absolute Gasteiger partial charge is 0.367 e. The first-order valence-electron chi connectivity index (χ1n) is 5.46. The number of aromatic nitrogens is 2. The Morgan fingerprint density at radius 2 is 2.25 bits per heavy atom. The van der Waals surface area contributed by atoms with Crippen molar-refractivity contribution in [1.82, 2.24) is 9.97 Å². The summed E-state index contributed by atoms with van der Waals surface area (Å²) in [6, 6.07) is 2.46. The molecule has 1 heterocycles. The Balaban J connectivity index is 2.39. The average molecular weight is 257 g/mol. The molecule has 0 aromatic carbocycles. The number of rotatable bonds is 7. The van der Waals surface area contributed by atoms with Crippen LogP contribution in [-0.2, 0) is 0 Å². The molecule has 1 aromatic heterocycles. The van der Waals surface area contributed by atoms with Crippen molar-refractivity contribution in [2.24, 2.45) is 0 Å². The third-order valence-corrected chi connectivity index (χ3v) is 3.72. The van der Waals surface area contributed by atoms with E-state index in [0.717, 1.165) is 17.3 Å². The lowest BCUT2D eigenvalue weighted by Crippen LogP contribution is -2.17. The van der Waals surface area contributed by atoms with E-state index in [0.29, 0.717) is 6.04 Å². The first-order chi connectivity index (χ1) is 7.76. The summed E-state index contributed by atoms with van der Waals surface area (Å²) in [6.45, 7) is 4.38. The molecule has 1 unspecified atom stereocenters. The van der Waals surface area contributed by atoms with Gasteiger partial charge in [-0.05, 0) is 31.1 Å². The summed E-state index contributed by atoms with van der Waals surface area (Å²) in [6.07, 6.45) is 4.80. The SMILES string of the molecule is CCSCCC(C)Nc1cc(SC)ncn1. The van der Waals surface area contributed by atoms with Gasteiger partial charge in [0.05, 0.1) is 0 Å². The van der Waals surface area contributed by atoms with Crippen LogP contribution in [0.5, 0.6) is 0 Å². The molecule has 0 amide bonds. The van der Waals surface area contributed by atoms with Crippen molar-refractivity contribution in [1.29, 1.82) is 0 Å². The molecule has 0 spiro atoms. The summed E-state index contributed by atoms with van der Waals surface area (Å²) in [4.78, 5) is 8.36. The maximum atomic E-state index is 4.21. The second kappa shape index (κ2) is 7.79. The van der Waals surface area contributed by atoms with Crippen LogP contribution in [-0.4, -0.2) is 33.8 Å². The van der Waals surface area contributed by atoms with Crippen LogP contribution in [0.15, 0.2) is 17.4 Å². The summed E-state index contributed by atoms with van der Waals surface area (Å²) >= 11 is 3.61. The second-order valence-corrected chi connectivity index (χ2v) is 5.70. The van der Waals surface area contributed by atoms with Gasteiger partial charge >= 0.3 is 0 Å². The molecule has 0 radical (unpaired) electrons. The Labute approximate surface area is 106 Å². The Hall–Kier alpha value is -0.420. The fraction of sp³-hybridized carbons (Fsp3) is 0.636. The molecule has 1 N–H and O–H groups in total. The monoisotopic (exact) mass is 257 g/mol. The van der Waals surface area contributed by atoms with Gasteiger partial charge in [-0.2, -0.15) is 11.8 Å². The van der Waals surface area contributed by atoms with Crippen LogP contribution in [0.25, 0.3) is 0 Å². The first kappa shape index (κ1) is 13.6. The second-order valence-electron chi connectivity index (χ2n) is 3.48. The molecular formula is C11H19N3S2. The summed E-state index contributed by atoms with van der Waals surface area (Å²) in [7, 11) is 0. The molecule has 0 bridgehead atoms. The van der Waals surface area contributed by atoms with E-state index in [4.69, 9.17) is 0 Å². The zero-order chi connectivity index (χ0) is 11.8. The molecule has 90 valence electrons. The molecule has 3 nitrogen and oxygen atoms in total. The molecule has 1 atom stereocenters. The summed E-state index contributed by atoms with van der Waals surface area (Å²) < 4.78 is 0. The van der Waals surface area contributed by atoms with Crippen molar-refractivity contribution < 1.29 is 0 Å². The topological polar surface area (TPSA) is 37.8 Å². The number of hydrogen-bond donors (Lipinski definition) is 1. The molecule has 0 saturated heterocycles. The number of anilines is 1. The van der Waals surface area contributed by atoms with Crippen LogP contribution in [0.1, 0.15) is 20.3 Å². The van der Waals surface area contributed by atoms with E-state index < -0.39 is 0 Å². The Kier molecular flexibility index (Phi) is 6.64. The normalized spacial score (nSPS) is 12.4. The van der Waals surface area contributed by atoms with Gasteiger partial charge in [0, 0.05) is 12.1 Å². The van der Waals surface area contributed by atoms with Crippen molar-refractivity contribution >= 4 is 29.3 Å². The molecular weight excluding hydrogens is 238 g/mol. The van der Waals surface area contributed by atoms with Crippen molar-refractivity contribution in [3.63, 3.8) is 0 Å². The van der Waals surface area contributed by atoms with Gasteiger partial charge in [0.15, 0.2) is 0 Å². The van der Waals surface area contributed by atoms with Gasteiger partial charge in [0.25, 0.3) is 0 Å². The highest BCUT2D eigenvalue weighted by molar-refractivity contribution is 7.99. The van der Waals surface area contributed by atoms with Gasteiger partial charge in [-0.25, -0.2) is 9.97 Å². The van der Waals surface area contributed by atoms with Gasteiger partial charge in [0.1, 0.15) is 17.2 Å². The van der Waals surface area contributed by atoms with Gasteiger partial charge in [-0.1, -0.05) is 6.92 Å². The minimum Gasteiger partial charge on any atom is -0.367 e. The lowest BCUT2D eigenvalue weighted by Gasteiger charge is -2.14. The predicted molar refractivity (Wildman–Crippen MR) is 74.5 cm³/mol. The average Bonchev–Trinajstić information content (AvgIpc) is 2.29. The van der Waals surface area contributed by atoms with Crippen LogP contribution in [0.2, 0.25) is 0 Å².